The number of unbranched alkanes of at least 4 members (excludes halogenated alkanes) is 5. The summed E-state index contributed by atoms with van der Waals surface area (Å²) >= 11 is 0. The summed E-state index contributed by atoms with van der Waals surface area (Å²) in [7, 11) is 0. The van der Waals surface area contributed by atoms with Crippen molar-refractivity contribution in [1.82, 2.24) is 0 Å². The Morgan fingerprint density at radius 3 is 2.25 bits per heavy atom. The summed E-state index contributed by atoms with van der Waals surface area (Å²) in [5.74, 6) is 0.174. The van der Waals surface area contributed by atoms with Crippen LogP contribution in [0.3, 0.4) is 0 Å². The Morgan fingerprint density at radius 2 is 1.62 bits per heavy atom. The molecule has 0 bridgehead atoms. The number of hydrogen-bond donors (Lipinski definition) is 1. The second kappa shape index (κ2) is 16.6. The average molecular weight is 441 g/mol. The predicted molar refractivity (Wildman–Crippen MR) is 128 cm³/mol. The Kier molecular flexibility index (Phi) is 14.0. The van der Waals surface area contributed by atoms with Crippen LogP contribution >= 0.6 is 0 Å². The monoisotopic (exact) mass is 440 g/mol. The lowest BCUT2D eigenvalue weighted by atomic mass is 10.0. The molecular weight excluding hydrogens is 404 g/mol. The SMILES string of the molecule is C=COC(=O)CCC.CCCCCCCCOc1ccc(C(=O)c2ccccc2)c(O)c1. The Morgan fingerprint density at radius 1 is 0.938 bits per heavy atom. The molecule has 0 fully saturated rings. The van der Waals surface area contributed by atoms with E-state index in [0.29, 0.717) is 29.9 Å². The van der Waals surface area contributed by atoms with E-state index in [-0.39, 0.29) is 17.5 Å². The number of phenolic OH excluding ortho intramolecular Hbond substituents is 1. The van der Waals surface area contributed by atoms with Crippen LogP contribution in [0.4, 0.5) is 0 Å². The molecule has 0 aliphatic heterocycles. The largest absolute Gasteiger partial charge is 0.507 e. The van der Waals surface area contributed by atoms with Crippen LogP contribution < -0.4 is 4.74 Å². The molecule has 0 saturated heterocycles. The molecule has 0 saturated carbocycles. The summed E-state index contributed by atoms with van der Waals surface area (Å²) in [5, 5.41) is 10.1. The topological polar surface area (TPSA) is 72.8 Å². The first-order valence-corrected chi connectivity index (χ1v) is 11.4. The minimum Gasteiger partial charge on any atom is -0.507 e. The van der Waals surface area contributed by atoms with E-state index in [2.05, 4.69) is 18.2 Å². The van der Waals surface area contributed by atoms with E-state index in [1.54, 1.807) is 24.3 Å². The van der Waals surface area contributed by atoms with Crippen LogP contribution in [0.5, 0.6) is 11.5 Å². The lowest BCUT2D eigenvalue weighted by Crippen LogP contribution is -2.02. The molecule has 0 aromatic heterocycles. The van der Waals surface area contributed by atoms with Gasteiger partial charge >= 0.3 is 5.97 Å². The van der Waals surface area contributed by atoms with Crippen molar-refractivity contribution in [3.05, 3.63) is 72.5 Å². The molecule has 0 spiro atoms. The Balaban J connectivity index is 0.000000547. The summed E-state index contributed by atoms with van der Waals surface area (Å²) in [6.07, 6.45) is 9.71. The summed E-state index contributed by atoms with van der Waals surface area (Å²) in [5.41, 5.74) is 0.863. The molecule has 0 aliphatic rings. The third-order valence-electron chi connectivity index (χ3n) is 4.69. The fourth-order valence-corrected chi connectivity index (χ4v) is 2.97. The lowest BCUT2D eigenvalue weighted by Gasteiger charge is -2.09. The molecule has 0 aliphatic carbocycles. The van der Waals surface area contributed by atoms with Crippen molar-refractivity contribution in [2.45, 2.75) is 65.2 Å². The maximum atomic E-state index is 12.4. The van der Waals surface area contributed by atoms with Gasteiger partial charge in [-0.1, -0.05) is 82.9 Å². The summed E-state index contributed by atoms with van der Waals surface area (Å²) in [6, 6.07) is 13.8. The van der Waals surface area contributed by atoms with Gasteiger partial charge in [-0.3, -0.25) is 9.59 Å². The van der Waals surface area contributed by atoms with E-state index in [1.807, 2.05) is 25.1 Å². The van der Waals surface area contributed by atoms with E-state index >= 15 is 0 Å². The number of phenols is 1. The number of aromatic hydroxyl groups is 1. The third-order valence-corrected chi connectivity index (χ3v) is 4.69. The van der Waals surface area contributed by atoms with E-state index < -0.39 is 0 Å². The first kappa shape index (κ1) is 27.0. The van der Waals surface area contributed by atoms with Gasteiger partial charge in [-0.05, 0) is 25.0 Å². The highest BCUT2D eigenvalue weighted by Crippen LogP contribution is 2.26. The number of carbonyl (C=O) groups excluding carboxylic acids is 2. The standard InChI is InChI=1S/C21H26O3.C6H10O2/c1-2-3-4-5-6-10-15-24-18-13-14-19(20(22)16-18)21(23)17-11-8-7-9-12-17;1-3-5-6(7)8-4-2/h7-9,11-14,16,22H,2-6,10,15H2,1H3;4H,2-3,5H2,1H3. The van der Waals surface area contributed by atoms with Gasteiger partial charge in [-0.15, -0.1) is 0 Å². The van der Waals surface area contributed by atoms with Gasteiger partial charge in [0.25, 0.3) is 0 Å². The Labute approximate surface area is 192 Å². The molecule has 0 heterocycles. The maximum Gasteiger partial charge on any atom is 0.310 e. The van der Waals surface area contributed by atoms with Crippen LogP contribution in [0, 0.1) is 0 Å². The van der Waals surface area contributed by atoms with Crippen LogP contribution in [-0.2, 0) is 9.53 Å². The molecule has 174 valence electrons. The molecule has 1 N–H and O–H groups in total. The third kappa shape index (κ3) is 10.8. The van der Waals surface area contributed by atoms with E-state index in [4.69, 9.17) is 4.74 Å². The fraction of sp³-hybridized carbons (Fsp3) is 0.407. The zero-order valence-electron chi connectivity index (χ0n) is 19.3. The van der Waals surface area contributed by atoms with Gasteiger partial charge in [0.15, 0.2) is 5.78 Å². The molecule has 32 heavy (non-hydrogen) atoms. The fourth-order valence-electron chi connectivity index (χ4n) is 2.97. The smallest absolute Gasteiger partial charge is 0.310 e. The molecule has 5 heteroatoms. The van der Waals surface area contributed by atoms with E-state index in [1.165, 1.54) is 31.7 Å². The van der Waals surface area contributed by atoms with Gasteiger partial charge in [0.05, 0.1) is 18.4 Å². The molecule has 0 atom stereocenters. The minimum atomic E-state index is -0.206. The summed E-state index contributed by atoms with van der Waals surface area (Å²) < 4.78 is 10.1. The molecule has 2 aromatic carbocycles. The number of hydrogen-bond acceptors (Lipinski definition) is 5. The van der Waals surface area contributed by atoms with Crippen molar-refractivity contribution in [1.29, 1.82) is 0 Å². The minimum absolute atomic E-state index is 0.0377. The number of carbonyl (C=O) groups is 2. The van der Waals surface area contributed by atoms with Gasteiger partial charge in [0.2, 0.25) is 0 Å². The number of benzene rings is 2. The van der Waals surface area contributed by atoms with Gasteiger partial charge in [0.1, 0.15) is 11.5 Å². The van der Waals surface area contributed by atoms with Crippen LogP contribution in [0.25, 0.3) is 0 Å². The lowest BCUT2D eigenvalue weighted by molar-refractivity contribution is -0.137. The molecule has 5 nitrogen and oxygen atoms in total. The molecule has 2 aromatic rings. The molecular formula is C27H36O5. The second-order valence-corrected chi connectivity index (χ2v) is 7.40. The molecule has 2 rings (SSSR count). The van der Waals surface area contributed by atoms with Gasteiger partial charge in [-0.25, -0.2) is 0 Å². The highest BCUT2D eigenvalue weighted by Gasteiger charge is 2.13. The van der Waals surface area contributed by atoms with Crippen molar-refractivity contribution in [2.24, 2.45) is 0 Å². The highest BCUT2D eigenvalue weighted by molar-refractivity contribution is 6.10. The maximum absolute atomic E-state index is 12.4. The van der Waals surface area contributed by atoms with Crippen LogP contribution in [0.2, 0.25) is 0 Å². The number of esters is 1. The Hall–Kier alpha value is -3.08. The first-order chi connectivity index (χ1) is 15.5. The van der Waals surface area contributed by atoms with Gasteiger partial charge in [-0.2, -0.15) is 0 Å². The Bertz CT molecular complexity index is 814. The zero-order valence-corrected chi connectivity index (χ0v) is 19.3. The number of ketones is 1. The average Bonchev–Trinajstić information content (AvgIpc) is 2.79. The van der Waals surface area contributed by atoms with E-state index in [9.17, 15) is 14.7 Å². The molecule has 0 unspecified atom stereocenters. The quantitative estimate of drug-likeness (QED) is 0.160. The first-order valence-electron chi connectivity index (χ1n) is 11.4. The van der Waals surface area contributed by atoms with Gasteiger partial charge in [0, 0.05) is 18.1 Å². The van der Waals surface area contributed by atoms with Crippen LogP contribution in [0.1, 0.15) is 81.1 Å². The van der Waals surface area contributed by atoms with Crippen molar-refractivity contribution in [2.75, 3.05) is 6.61 Å². The summed E-state index contributed by atoms with van der Waals surface area (Å²) in [4.78, 5) is 22.7. The van der Waals surface area contributed by atoms with Crippen molar-refractivity contribution in [3.63, 3.8) is 0 Å². The van der Waals surface area contributed by atoms with Gasteiger partial charge < -0.3 is 14.6 Å². The van der Waals surface area contributed by atoms with Crippen LogP contribution in [-0.4, -0.2) is 23.5 Å². The number of rotatable bonds is 13. The van der Waals surface area contributed by atoms with Crippen molar-refractivity contribution in [3.8, 4) is 11.5 Å². The molecule has 0 radical (unpaired) electrons. The van der Waals surface area contributed by atoms with E-state index in [0.717, 1.165) is 25.5 Å². The van der Waals surface area contributed by atoms with Crippen molar-refractivity contribution >= 4 is 11.8 Å². The number of ether oxygens (including phenoxy) is 2. The second-order valence-electron chi connectivity index (χ2n) is 7.40. The van der Waals surface area contributed by atoms with Crippen molar-refractivity contribution < 1.29 is 24.2 Å². The zero-order chi connectivity index (χ0) is 23.6. The highest BCUT2D eigenvalue weighted by atomic mass is 16.5. The molecule has 0 amide bonds. The normalized spacial score (nSPS) is 9.94. The van der Waals surface area contributed by atoms with Crippen LogP contribution in [0.15, 0.2) is 61.4 Å². The summed E-state index contributed by atoms with van der Waals surface area (Å²) in [6.45, 7) is 8.01. The predicted octanol–water partition coefficient (Wildman–Crippen LogP) is 6.84.